The molecule has 1 N–H and O–H groups in total. The number of carbonyl (C=O) groups is 2. The topological polar surface area (TPSA) is 68.5 Å². The van der Waals surface area contributed by atoms with Gasteiger partial charge in [0.15, 0.2) is 6.10 Å². The van der Waals surface area contributed by atoms with Gasteiger partial charge in [-0.2, -0.15) is 0 Å². The lowest BCUT2D eigenvalue weighted by atomic mass is 10.1. The van der Waals surface area contributed by atoms with Crippen molar-refractivity contribution in [3.8, 4) is 0 Å². The predicted molar refractivity (Wildman–Crippen MR) is 113 cm³/mol. The number of halogens is 1. The van der Waals surface area contributed by atoms with E-state index in [9.17, 15) is 9.59 Å². The Labute approximate surface area is 177 Å². The number of thioether (sulfide) groups is 1. The molecule has 0 spiro atoms. The summed E-state index contributed by atoms with van der Waals surface area (Å²) < 4.78 is 11.2. The van der Waals surface area contributed by atoms with Crippen LogP contribution in [-0.4, -0.2) is 24.0 Å². The van der Waals surface area contributed by atoms with Gasteiger partial charge in [0.1, 0.15) is 5.58 Å². The minimum Gasteiger partial charge on any atom is -0.449 e. The van der Waals surface area contributed by atoms with E-state index in [1.165, 1.54) is 0 Å². The Bertz CT molecular complexity index is 1040. The zero-order valence-electron chi connectivity index (χ0n) is 15.8. The van der Waals surface area contributed by atoms with E-state index in [-0.39, 0.29) is 17.7 Å². The van der Waals surface area contributed by atoms with Crippen LogP contribution in [-0.2, 0) is 15.3 Å². The van der Waals surface area contributed by atoms with Crippen molar-refractivity contribution in [1.29, 1.82) is 0 Å². The minimum absolute atomic E-state index is 0.138. The lowest BCUT2D eigenvalue weighted by Gasteiger charge is -2.12. The smallest absolute Gasteiger partial charge is 0.375 e. The average molecular weight is 430 g/mol. The molecule has 5 nitrogen and oxygen atoms in total. The summed E-state index contributed by atoms with van der Waals surface area (Å²) in [6, 6.07) is 15.2. The first kappa shape index (κ1) is 19.9. The van der Waals surface area contributed by atoms with Crippen LogP contribution in [0.1, 0.15) is 35.9 Å². The maximum atomic E-state index is 12.8. The average Bonchev–Trinajstić information content (AvgIpc) is 3.45. The van der Waals surface area contributed by atoms with Crippen molar-refractivity contribution in [3.63, 3.8) is 0 Å². The third kappa shape index (κ3) is 4.77. The molecular formula is C22H20ClNO4S. The number of furan rings is 1. The van der Waals surface area contributed by atoms with E-state index in [0.29, 0.717) is 16.4 Å². The zero-order chi connectivity index (χ0) is 20.4. The highest BCUT2D eigenvalue weighted by molar-refractivity contribution is 7.98. The molecule has 1 atom stereocenters. The van der Waals surface area contributed by atoms with Crippen LogP contribution >= 0.6 is 23.4 Å². The molecule has 7 heteroatoms. The van der Waals surface area contributed by atoms with Crippen LogP contribution in [0.25, 0.3) is 11.0 Å². The van der Waals surface area contributed by atoms with Gasteiger partial charge in [0, 0.05) is 32.7 Å². The Balaban J connectivity index is 1.54. The van der Waals surface area contributed by atoms with Crippen LogP contribution in [0.15, 0.2) is 57.8 Å². The molecule has 150 valence electrons. The van der Waals surface area contributed by atoms with Gasteiger partial charge in [-0.15, -0.1) is 11.8 Å². The molecule has 1 unspecified atom stereocenters. The molecule has 29 heavy (non-hydrogen) atoms. The van der Waals surface area contributed by atoms with Gasteiger partial charge in [0.2, 0.25) is 5.76 Å². The van der Waals surface area contributed by atoms with Crippen molar-refractivity contribution in [1.82, 2.24) is 5.32 Å². The highest BCUT2D eigenvalue weighted by Crippen LogP contribution is 2.33. The van der Waals surface area contributed by atoms with Crippen molar-refractivity contribution < 1.29 is 18.7 Å². The summed E-state index contributed by atoms with van der Waals surface area (Å²) in [4.78, 5) is 25.9. The number of esters is 1. The van der Waals surface area contributed by atoms with Gasteiger partial charge in [-0.1, -0.05) is 29.8 Å². The molecule has 0 radical (unpaired) electrons. The first-order valence-corrected chi connectivity index (χ1v) is 10.8. The monoisotopic (exact) mass is 429 g/mol. The van der Waals surface area contributed by atoms with Gasteiger partial charge in [0.05, 0.1) is 0 Å². The minimum atomic E-state index is -0.881. The van der Waals surface area contributed by atoms with E-state index in [4.69, 9.17) is 20.8 Å². The second-order valence-electron chi connectivity index (χ2n) is 6.98. The van der Waals surface area contributed by atoms with Crippen molar-refractivity contribution in [2.24, 2.45) is 0 Å². The van der Waals surface area contributed by atoms with E-state index in [1.807, 2.05) is 48.5 Å². The molecule has 0 aliphatic heterocycles. The van der Waals surface area contributed by atoms with Crippen molar-refractivity contribution in [3.05, 3.63) is 64.9 Å². The molecule has 3 aromatic rings. The number of carbonyl (C=O) groups excluding carboxylic acids is 2. The Hall–Kier alpha value is -2.44. The first-order valence-electron chi connectivity index (χ1n) is 9.41. The van der Waals surface area contributed by atoms with Crippen LogP contribution in [0, 0.1) is 0 Å². The number of nitrogens with one attached hydrogen (secondary N) is 1. The van der Waals surface area contributed by atoms with Crippen molar-refractivity contribution >= 4 is 46.2 Å². The number of hydrogen-bond donors (Lipinski definition) is 1. The van der Waals surface area contributed by atoms with E-state index in [1.54, 1.807) is 18.7 Å². The molecule has 1 aliphatic rings. The number of hydrogen-bond acceptors (Lipinski definition) is 5. The van der Waals surface area contributed by atoms with Gasteiger partial charge in [-0.3, -0.25) is 4.79 Å². The van der Waals surface area contributed by atoms with Crippen molar-refractivity contribution in [2.45, 2.75) is 42.6 Å². The Kier molecular flexibility index (Phi) is 5.83. The fourth-order valence-electron chi connectivity index (χ4n) is 2.91. The third-order valence-electron chi connectivity index (χ3n) is 4.66. The molecule has 1 saturated carbocycles. The fourth-order valence-corrected chi connectivity index (χ4v) is 3.96. The summed E-state index contributed by atoms with van der Waals surface area (Å²) in [5, 5.41) is 4.37. The molecule has 0 bridgehead atoms. The predicted octanol–water partition coefficient (Wildman–Crippen LogP) is 5.20. The fraction of sp³-hybridized carbons (Fsp3) is 0.273. The number of fused-ring (bicyclic) bond motifs is 1. The molecule has 1 heterocycles. The second kappa shape index (κ2) is 8.51. The molecule has 1 aliphatic carbocycles. The van der Waals surface area contributed by atoms with Crippen LogP contribution in [0.3, 0.4) is 0 Å². The van der Waals surface area contributed by atoms with E-state index in [0.717, 1.165) is 28.7 Å². The highest BCUT2D eigenvalue weighted by Gasteiger charge is 2.29. The number of para-hydroxylation sites is 1. The highest BCUT2D eigenvalue weighted by atomic mass is 35.5. The largest absolute Gasteiger partial charge is 0.449 e. The van der Waals surface area contributed by atoms with Crippen molar-refractivity contribution in [2.75, 3.05) is 0 Å². The summed E-state index contributed by atoms with van der Waals surface area (Å²) in [7, 11) is 0. The lowest BCUT2D eigenvalue weighted by molar-refractivity contribution is -0.129. The summed E-state index contributed by atoms with van der Waals surface area (Å²) >= 11 is 7.52. The number of rotatable bonds is 7. The SMILES string of the molecule is CC(OC(=O)c1oc2ccccc2c1CSc1ccc(Cl)cc1)C(=O)NC1CC1. The van der Waals surface area contributed by atoms with Gasteiger partial charge < -0.3 is 14.5 Å². The van der Waals surface area contributed by atoms with Gasteiger partial charge in [0.25, 0.3) is 5.91 Å². The van der Waals surface area contributed by atoms with Crippen LogP contribution in [0.2, 0.25) is 5.02 Å². The molecule has 4 rings (SSSR count). The molecule has 1 amide bonds. The second-order valence-corrected chi connectivity index (χ2v) is 8.46. The maximum Gasteiger partial charge on any atom is 0.375 e. The van der Waals surface area contributed by atoms with E-state index >= 15 is 0 Å². The van der Waals surface area contributed by atoms with Gasteiger partial charge >= 0.3 is 5.97 Å². The van der Waals surface area contributed by atoms with Crippen LogP contribution in [0.5, 0.6) is 0 Å². The number of ether oxygens (including phenoxy) is 1. The van der Waals surface area contributed by atoms with Gasteiger partial charge in [-0.05, 0) is 50.1 Å². The van der Waals surface area contributed by atoms with Crippen LogP contribution in [0.4, 0.5) is 0 Å². The van der Waals surface area contributed by atoms with E-state index in [2.05, 4.69) is 5.32 Å². The normalized spacial score (nSPS) is 14.6. The summed E-state index contributed by atoms with van der Waals surface area (Å²) in [6.45, 7) is 1.57. The Morgan fingerprint density at radius 3 is 2.66 bits per heavy atom. The van der Waals surface area contributed by atoms with E-state index < -0.39 is 12.1 Å². The molecule has 1 fully saturated rings. The summed E-state index contributed by atoms with van der Waals surface area (Å²) in [5.41, 5.74) is 1.36. The van der Waals surface area contributed by atoms with Crippen LogP contribution < -0.4 is 5.32 Å². The molecule has 2 aromatic carbocycles. The molecule has 0 saturated heterocycles. The Morgan fingerprint density at radius 2 is 1.93 bits per heavy atom. The third-order valence-corrected chi connectivity index (χ3v) is 5.95. The first-order chi connectivity index (χ1) is 14.0. The van der Waals surface area contributed by atoms with Gasteiger partial charge in [-0.25, -0.2) is 4.79 Å². The quantitative estimate of drug-likeness (QED) is 0.413. The maximum absolute atomic E-state index is 12.8. The molecule has 1 aromatic heterocycles. The standard InChI is InChI=1S/C22H20ClNO4S/c1-13(21(25)24-15-8-9-15)27-22(26)20-18(17-4-2-3-5-19(17)28-20)12-29-16-10-6-14(23)7-11-16/h2-7,10-11,13,15H,8-9,12H2,1H3,(H,24,25). The number of amides is 1. The zero-order valence-corrected chi connectivity index (χ0v) is 17.4. The number of benzene rings is 2. The Morgan fingerprint density at radius 1 is 1.21 bits per heavy atom. The lowest BCUT2D eigenvalue weighted by Crippen LogP contribution is -2.37. The molecular weight excluding hydrogens is 410 g/mol. The summed E-state index contributed by atoms with van der Waals surface area (Å²) in [5.74, 6) is -0.259. The summed E-state index contributed by atoms with van der Waals surface area (Å²) in [6.07, 6.45) is 1.07.